The molecular weight excluding hydrogens is 278 g/mol. The first kappa shape index (κ1) is 14.1. The zero-order chi connectivity index (χ0) is 14.2. The molecule has 1 aromatic rings. The van der Waals surface area contributed by atoms with Crippen LogP contribution in [0.2, 0.25) is 5.02 Å². The molecule has 2 rings (SSSR count). The fourth-order valence-electron chi connectivity index (χ4n) is 2.68. The van der Waals surface area contributed by atoms with Gasteiger partial charge in [0.15, 0.2) is 17.4 Å². The standard InChI is InChI=1S/C13H13ClF2O3/c1-19-11-9(15)7(6-8(14)10(11)16)13(12(17)18)4-2-3-5-13/h6H,2-5H2,1H3,(H,17,18). The lowest BCUT2D eigenvalue weighted by Crippen LogP contribution is -2.34. The molecule has 0 amide bonds. The second-order valence-electron chi connectivity index (χ2n) is 4.66. The van der Waals surface area contributed by atoms with Crippen molar-refractivity contribution in [3.8, 4) is 5.75 Å². The van der Waals surface area contributed by atoms with E-state index in [-0.39, 0.29) is 10.6 Å². The Balaban J connectivity index is 2.68. The first-order valence-electron chi connectivity index (χ1n) is 5.89. The first-order chi connectivity index (χ1) is 8.94. The fourth-order valence-corrected chi connectivity index (χ4v) is 2.88. The Kier molecular flexibility index (Phi) is 3.67. The third-order valence-electron chi connectivity index (χ3n) is 3.70. The van der Waals surface area contributed by atoms with E-state index < -0.39 is 28.8 Å². The Hall–Kier alpha value is -1.36. The van der Waals surface area contributed by atoms with Gasteiger partial charge in [0, 0.05) is 5.56 Å². The van der Waals surface area contributed by atoms with Crippen LogP contribution in [0, 0.1) is 11.6 Å². The molecule has 0 spiro atoms. The molecule has 0 saturated heterocycles. The maximum absolute atomic E-state index is 14.3. The largest absolute Gasteiger partial charge is 0.491 e. The summed E-state index contributed by atoms with van der Waals surface area (Å²) >= 11 is 5.70. The van der Waals surface area contributed by atoms with Crippen molar-refractivity contribution in [2.45, 2.75) is 31.1 Å². The first-order valence-corrected chi connectivity index (χ1v) is 6.27. The van der Waals surface area contributed by atoms with E-state index in [4.69, 9.17) is 11.6 Å². The van der Waals surface area contributed by atoms with Gasteiger partial charge in [-0.15, -0.1) is 0 Å². The van der Waals surface area contributed by atoms with Crippen molar-refractivity contribution >= 4 is 17.6 Å². The number of carbonyl (C=O) groups is 1. The van der Waals surface area contributed by atoms with E-state index in [0.29, 0.717) is 25.7 Å². The van der Waals surface area contributed by atoms with Gasteiger partial charge in [0.1, 0.15) is 0 Å². The molecule has 104 valence electrons. The van der Waals surface area contributed by atoms with Gasteiger partial charge in [0.05, 0.1) is 17.5 Å². The Morgan fingerprint density at radius 1 is 1.37 bits per heavy atom. The molecule has 0 aliphatic heterocycles. The number of benzene rings is 1. The number of methoxy groups -OCH3 is 1. The molecule has 1 fully saturated rings. The highest BCUT2D eigenvalue weighted by Crippen LogP contribution is 2.45. The van der Waals surface area contributed by atoms with Crippen LogP contribution in [0.15, 0.2) is 6.07 Å². The van der Waals surface area contributed by atoms with E-state index >= 15 is 0 Å². The van der Waals surface area contributed by atoms with Crippen LogP contribution in [0.1, 0.15) is 31.2 Å². The predicted octanol–water partition coefficient (Wildman–Crippen LogP) is 3.52. The highest BCUT2D eigenvalue weighted by Gasteiger charge is 2.46. The van der Waals surface area contributed by atoms with Crippen LogP contribution in [-0.2, 0) is 10.2 Å². The third kappa shape index (κ3) is 2.06. The van der Waals surface area contributed by atoms with E-state index in [0.717, 1.165) is 13.2 Å². The van der Waals surface area contributed by atoms with Gasteiger partial charge in [0.2, 0.25) is 0 Å². The summed E-state index contributed by atoms with van der Waals surface area (Å²) in [5.41, 5.74) is -1.44. The van der Waals surface area contributed by atoms with Gasteiger partial charge in [-0.3, -0.25) is 4.79 Å². The third-order valence-corrected chi connectivity index (χ3v) is 3.98. The number of halogens is 3. The van der Waals surface area contributed by atoms with Crippen LogP contribution < -0.4 is 4.74 Å². The van der Waals surface area contributed by atoms with Crippen LogP contribution >= 0.6 is 11.6 Å². The topological polar surface area (TPSA) is 46.5 Å². The number of carboxylic acids is 1. The Labute approximate surface area is 114 Å². The van der Waals surface area contributed by atoms with Crippen molar-refractivity contribution in [3.63, 3.8) is 0 Å². The summed E-state index contributed by atoms with van der Waals surface area (Å²) in [5.74, 6) is -3.73. The zero-order valence-corrected chi connectivity index (χ0v) is 11.1. The second-order valence-corrected chi connectivity index (χ2v) is 5.07. The molecular formula is C13H13ClF2O3. The molecule has 19 heavy (non-hydrogen) atoms. The molecule has 0 radical (unpaired) electrons. The molecule has 0 atom stereocenters. The van der Waals surface area contributed by atoms with E-state index in [2.05, 4.69) is 4.74 Å². The quantitative estimate of drug-likeness (QED) is 0.866. The minimum absolute atomic E-state index is 0.0965. The summed E-state index contributed by atoms with van der Waals surface area (Å²) in [7, 11) is 1.11. The van der Waals surface area contributed by atoms with Crippen LogP contribution in [-0.4, -0.2) is 18.2 Å². The number of aliphatic carboxylic acids is 1. The minimum Gasteiger partial charge on any atom is -0.491 e. The van der Waals surface area contributed by atoms with Crippen LogP contribution in [0.25, 0.3) is 0 Å². The van der Waals surface area contributed by atoms with Crippen LogP contribution in [0.3, 0.4) is 0 Å². The minimum atomic E-state index is -1.34. The molecule has 1 aromatic carbocycles. The molecule has 0 unspecified atom stereocenters. The van der Waals surface area contributed by atoms with E-state index in [1.165, 1.54) is 0 Å². The van der Waals surface area contributed by atoms with Crippen molar-refractivity contribution < 1.29 is 23.4 Å². The van der Waals surface area contributed by atoms with Gasteiger partial charge in [-0.2, -0.15) is 0 Å². The normalized spacial score (nSPS) is 17.5. The van der Waals surface area contributed by atoms with Crippen LogP contribution in [0.5, 0.6) is 5.75 Å². The van der Waals surface area contributed by atoms with Crippen molar-refractivity contribution in [1.29, 1.82) is 0 Å². The summed E-state index contributed by atoms with van der Waals surface area (Å²) in [6.07, 6.45) is 1.99. The molecule has 0 bridgehead atoms. The highest BCUT2D eigenvalue weighted by atomic mass is 35.5. The molecule has 1 aliphatic rings. The highest BCUT2D eigenvalue weighted by molar-refractivity contribution is 6.31. The van der Waals surface area contributed by atoms with Gasteiger partial charge < -0.3 is 9.84 Å². The molecule has 1 N–H and O–H groups in total. The summed E-state index contributed by atoms with van der Waals surface area (Å²) < 4.78 is 32.5. The number of ether oxygens (including phenoxy) is 1. The zero-order valence-electron chi connectivity index (χ0n) is 10.3. The Morgan fingerprint density at radius 3 is 2.42 bits per heavy atom. The van der Waals surface area contributed by atoms with Gasteiger partial charge in [-0.25, -0.2) is 8.78 Å². The SMILES string of the molecule is COc1c(F)c(Cl)cc(C2(C(=O)O)CCCC2)c1F. The lowest BCUT2D eigenvalue weighted by molar-refractivity contribution is -0.143. The lowest BCUT2D eigenvalue weighted by atomic mass is 9.78. The van der Waals surface area contributed by atoms with Gasteiger partial charge in [-0.1, -0.05) is 24.4 Å². The number of carboxylic acid groups (broad SMARTS) is 1. The summed E-state index contributed by atoms with van der Waals surface area (Å²) in [5, 5.41) is 9.09. The average molecular weight is 291 g/mol. The predicted molar refractivity (Wildman–Crippen MR) is 65.7 cm³/mol. The maximum Gasteiger partial charge on any atom is 0.314 e. The number of hydrogen-bond acceptors (Lipinski definition) is 2. The average Bonchev–Trinajstić information content (AvgIpc) is 2.85. The number of hydrogen-bond donors (Lipinski definition) is 1. The van der Waals surface area contributed by atoms with Crippen molar-refractivity contribution in [2.75, 3.05) is 7.11 Å². The van der Waals surface area contributed by atoms with Gasteiger partial charge in [0.25, 0.3) is 0 Å². The lowest BCUT2D eigenvalue weighted by Gasteiger charge is -2.26. The van der Waals surface area contributed by atoms with E-state index in [1.54, 1.807) is 0 Å². The van der Waals surface area contributed by atoms with E-state index in [9.17, 15) is 18.7 Å². The number of rotatable bonds is 3. The molecule has 0 aromatic heterocycles. The van der Waals surface area contributed by atoms with E-state index in [1.807, 2.05) is 0 Å². The molecule has 0 heterocycles. The molecule has 6 heteroatoms. The molecule has 1 aliphatic carbocycles. The van der Waals surface area contributed by atoms with Crippen molar-refractivity contribution in [3.05, 3.63) is 28.3 Å². The maximum atomic E-state index is 14.3. The van der Waals surface area contributed by atoms with Crippen molar-refractivity contribution in [1.82, 2.24) is 0 Å². The second kappa shape index (κ2) is 4.96. The fraction of sp³-hybridized carbons (Fsp3) is 0.462. The summed E-state index contributed by atoms with van der Waals surface area (Å²) in [6.45, 7) is 0. The van der Waals surface area contributed by atoms with Gasteiger partial charge in [-0.05, 0) is 18.9 Å². The van der Waals surface area contributed by atoms with Crippen LogP contribution in [0.4, 0.5) is 8.78 Å². The monoisotopic (exact) mass is 290 g/mol. The van der Waals surface area contributed by atoms with Gasteiger partial charge >= 0.3 is 5.97 Å². The Morgan fingerprint density at radius 2 is 1.95 bits per heavy atom. The van der Waals surface area contributed by atoms with Crippen molar-refractivity contribution in [2.24, 2.45) is 0 Å². The molecule has 1 saturated carbocycles. The smallest absolute Gasteiger partial charge is 0.314 e. The summed E-state index contributed by atoms with van der Waals surface area (Å²) in [6, 6.07) is 1.06. The summed E-state index contributed by atoms with van der Waals surface area (Å²) in [4.78, 5) is 11.5. The Bertz CT molecular complexity index is 525. The molecule has 3 nitrogen and oxygen atoms in total.